The van der Waals surface area contributed by atoms with E-state index >= 15 is 0 Å². The smallest absolute Gasteiger partial charge is 0.475 e. The van der Waals surface area contributed by atoms with Gasteiger partial charge in [0.25, 0.3) is 0 Å². The highest BCUT2D eigenvalue weighted by Gasteiger charge is 2.38. The van der Waals surface area contributed by atoms with Gasteiger partial charge in [-0.05, 0) is 36.7 Å². The van der Waals surface area contributed by atoms with Gasteiger partial charge in [-0.15, -0.1) is 0 Å². The number of halogens is 3. The highest BCUT2D eigenvalue weighted by molar-refractivity contribution is 5.96. The lowest BCUT2D eigenvalue weighted by Gasteiger charge is -2.18. The van der Waals surface area contributed by atoms with Gasteiger partial charge in [-0.2, -0.15) is 18.3 Å². The van der Waals surface area contributed by atoms with E-state index < -0.39 is 12.1 Å². The topological polar surface area (TPSA) is 119 Å². The number of nitrogens with zero attached hydrogens (tertiary/aromatic N) is 3. The van der Waals surface area contributed by atoms with Gasteiger partial charge in [0.15, 0.2) is 0 Å². The largest absolute Gasteiger partial charge is 0.490 e. The number of aromatic nitrogens is 2. The van der Waals surface area contributed by atoms with E-state index in [1.807, 2.05) is 41.3 Å². The van der Waals surface area contributed by atoms with Crippen molar-refractivity contribution in [3.63, 3.8) is 0 Å². The van der Waals surface area contributed by atoms with Crippen molar-refractivity contribution in [3.8, 4) is 0 Å². The van der Waals surface area contributed by atoms with Gasteiger partial charge < -0.3 is 15.7 Å². The summed E-state index contributed by atoms with van der Waals surface area (Å²) in [4.78, 5) is 35.6. The molecule has 1 aliphatic heterocycles. The van der Waals surface area contributed by atoms with Crippen LogP contribution in [0.25, 0.3) is 10.9 Å². The number of aryl methyl sites for hydroxylation is 1. The summed E-state index contributed by atoms with van der Waals surface area (Å²) in [6.07, 6.45) is -2.58. The van der Waals surface area contributed by atoms with Gasteiger partial charge in [-0.3, -0.25) is 14.3 Å². The monoisotopic (exact) mass is 476 g/mol. The molecule has 8 nitrogen and oxygen atoms in total. The van der Waals surface area contributed by atoms with Crippen molar-refractivity contribution in [3.05, 3.63) is 70.5 Å². The molecule has 2 aromatic carbocycles. The fourth-order valence-corrected chi connectivity index (χ4v) is 3.86. The highest BCUT2D eigenvalue weighted by Crippen LogP contribution is 2.38. The first-order chi connectivity index (χ1) is 16.1. The molecule has 0 saturated carbocycles. The van der Waals surface area contributed by atoms with E-state index in [9.17, 15) is 22.8 Å². The van der Waals surface area contributed by atoms with Crippen LogP contribution in [-0.4, -0.2) is 46.0 Å². The molecule has 4 rings (SSSR count). The van der Waals surface area contributed by atoms with Gasteiger partial charge in [0.2, 0.25) is 11.3 Å². The number of hydrogen-bond acceptors (Lipinski definition) is 5. The Bertz CT molecular complexity index is 1240. The molecular formula is C23H23F3N4O4. The Hall–Kier alpha value is -3.73. The maximum absolute atomic E-state index is 12.9. The minimum atomic E-state index is -5.08. The Morgan fingerprint density at radius 3 is 2.44 bits per heavy atom. The van der Waals surface area contributed by atoms with Gasteiger partial charge in [0.05, 0.1) is 18.3 Å². The number of rotatable bonds is 5. The van der Waals surface area contributed by atoms with Crippen LogP contribution in [0.1, 0.15) is 24.3 Å². The molecule has 0 spiro atoms. The third-order valence-corrected chi connectivity index (χ3v) is 5.43. The average molecular weight is 476 g/mol. The maximum atomic E-state index is 12.9. The molecule has 1 unspecified atom stereocenters. The lowest BCUT2D eigenvalue weighted by atomic mass is 9.98. The van der Waals surface area contributed by atoms with Crippen LogP contribution in [0.5, 0.6) is 0 Å². The predicted molar refractivity (Wildman–Crippen MR) is 120 cm³/mol. The van der Waals surface area contributed by atoms with Gasteiger partial charge in [-0.25, -0.2) is 4.79 Å². The first kappa shape index (κ1) is 24.9. The van der Waals surface area contributed by atoms with Crippen molar-refractivity contribution >= 4 is 28.5 Å². The van der Waals surface area contributed by atoms with Crippen molar-refractivity contribution in [2.75, 3.05) is 18.0 Å². The zero-order valence-corrected chi connectivity index (χ0v) is 18.0. The first-order valence-corrected chi connectivity index (χ1v) is 10.5. The Balaban J connectivity index is 0.000000406. The molecule has 3 N–H and O–H groups in total. The fourth-order valence-electron chi connectivity index (χ4n) is 3.86. The second-order valence-electron chi connectivity index (χ2n) is 7.64. The molecule has 34 heavy (non-hydrogen) atoms. The summed E-state index contributed by atoms with van der Waals surface area (Å²) in [6.45, 7) is 1.71. The molecule has 180 valence electrons. The minimum Gasteiger partial charge on any atom is -0.475 e. The van der Waals surface area contributed by atoms with Crippen LogP contribution in [0.2, 0.25) is 0 Å². The van der Waals surface area contributed by atoms with Crippen LogP contribution in [0.3, 0.4) is 0 Å². The van der Waals surface area contributed by atoms with E-state index in [1.54, 1.807) is 10.7 Å². The summed E-state index contributed by atoms with van der Waals surface area (Å²) in [7, 11) is 0. The number of carbonyl (C=O) groups excluding carboxylic acids is 1. The normalized spacial score (nSPS) is 14.9. The molecule has 0 radical (unpaired) electrons. The number of aliphatic carboxylic acids is 1. The molecule has 0 fully saturated rings. The van der Waals surface area contributed by atoms with Gasteiger partial charge in [0.1, 0.15) is 0 Å². The van der Waals surface area contributed by atoms with Crippen LogP contribution in [0, 0.1) is 0 Å². The second-order valence-corrected chi connectivity index (χ2v) is 7.64. The van der Waals surface area contributed by atoms with E-state index in [2.05, 4.69) is 11.2 Å². The fraction of sp³-hybridized carbons (Fsp3) is 0.304. The number of amides is 1. The Morgan fingerprint density at radius 2 is 1.76 bits per heavy atom. The molecule has 0 aliphatic carbocycles. The number of carboxylic acids is 1. The lowest BCUT2D eigenvalue weighted by molar-refractivity contribution is -0.192. The summed E-state index contributed by atoms with van der Waals surface area (Å²) >= 11 is 0. The zero-order valence-electron chi connectivity index (χ0n) is 18.0. The van der Waals surface area contributed by atoms with E-state index in [4.69, 9.17) is 15.6 Å². The summed E-state index contributed by atoms with van der Waals surface area (Å²) in [6, 6.07) is 15.4. The zero-order chi connectivity index (χ0) is 24.9. The molecule has 0 bridgehead atoms. The maximum Gasteiger partial charge on any atom is 0.490 e. The van der Waals surface area contributed by atoms with Crippen molar-refractivity contribution < 1.29 is 27.9 Å². The number of hydrogen-bond donors (Lipinski definition) is 2. The number of anilines is 1. The molecular weight excluding hydrogens is 453 g/mol. The van der Waals surface area contributed by atoms with Crippen LogP contribution in [0.4, 0.5) is 18.9 Å². The predicted octanol–water partition coefficient (Wildman–Crippen LogP) is 2.90. The summed E-state index contributed by atoms with van der Waals surface area (Å²) in [5.74, 6) is -2.40. The third-order valence-electron chi connectivity index (χ3n) is 5.43. The molecule has 1 aromatic heterocycles. The molecule has 1 aliphatic rings. The SMILES string of the molecule is NCCC1CN(C(=O)CCn2ncc(=O)c3ccccc32)c2ccccc21.O=C(O)C(F)(F)F. The van der Waals surface area contributed by atoms with E-state index in [1.165, 1.54) is 11.8 Å². The number of fused-ring (bicyclic) bond motifs is 2. The number of benzene rings is 2. The Morgan fingerprint density at radius 1 is 1.12 bits per heavy atom. The molecule has 3 aromatic rings. The van der Waals surface area contributed by atoms with Crippen molar-refractivity contribution in [2.24, 2.45) is 5.73 Å². The number of carbonyl (C=O) groups is 2. The third kappa shape index (κ3) is 5.60. The van der Waals surface area contributed by atoms with Gasteiger partial charge in [0, 0.05) is 30.0 Å². The van der Waals surface area contributed by atoms with E-state index in [0.717, 1.165) is 17.6 Å². The number of nitrogens with two attached hydrogens (primary N) is 1. The quantitative estimate of drug-likeness (QED) is 0.585. The summed E-state index contributed by atoms with van der Waals surface area (Å²) < 4.78 is 33.5. The van der Waals surface area contributed by atoms with Crippen LogP contribution in [0.15, 0.2) is 59.5 Å². The molecule has 11 heteroatoms. The number of carboxylic acid groups (broad SMARTS) is 1. The average Bonchev–Trinajstić information content (AvgIpc) is 3.17. The van der Waals surface area contributed by atoms with E-state index in [0.29, 0.717) is 37.4 Å². The first-order valence-electron chi connectivity index (χ1n) is 10.5. The summed E-state index contributed by atoms with van der Waals surface area (Å²) in [5.41, 5.74) is 8.57. The lowest BCUT2D eigenvalue weighted by Crippen LogP contribution is -2.31. The Kier molecular flexibility index (Phi) is 7.67. The minimum absolute atomic E-state index is 0.0616. The molecule has 0 saturated heterocycles. The molecule has 1 atom stereocenters. The second kappa shape index (κ2) is 10.5. The van der Waals surface area contributed by atoms with Gasteiger partial charge in [-0.1, -0.05) is 30.3 Å². The molecule has 1 amide bonds. The van der Waals surface area contributed by atoms with Crippen molar-refractivity contribution in [1.82, 2.24) is 9.78 Å². The highest BCUT2D eigenvalue weighted by atomic mass is 19.4. The molecule has 2 heterocycles. The van der Waals surface area contributed by atoms with Gasteiger partial charge >= 0.3 is 12.1 Å². The standard InChI is InChI=1S/C21H22N4O2.C2HF3O2/c22-11-9-15-14-24(18-7-3-1-5-16(15)18)21(27)10-12-25-19-8-4-2-6-17(19)20(26)13-23-25;3-2(4,5)1(6)7/h1-8,13,15H,9-12,14,22H2;(H,6,7). The van der Waals surface area contributed by atoms with Crippen LogP contribution >= 0.6 is 0 Å². The van der Waals surface area contributed by atoms with E-state index in [-0.39, 0.29) is 11.3 Å². The summed E-state index contributed by atoms with van der Waals surface area (Å²) in [5, 5.41) is 12.0. The number of para-hydroxylation sites is 2. The van der Waals surface area contributed by atoms with Crippen LogP contribution < -0.4 is 16.1 Å². The Labute approximate surface area is 192 Å². The van der Waals surface area contributed by atoms with Crippen LogP contribution in [-0.2, 0) is 16.1 Å². The number of alkyl halides is 3. The van der Waals surface area contributed by atoms with Crippen molar-refractivity contribution in [2.45, 2.75) is 31.5 Å². The van der Waals surface area contributed by atoms with Crippen molar-refractivity contribution in [1.29, 1.82) is 0 Å².